The van der Waals surface area contributed by atoms with Gasteiger partial charge in [-0.15, -0.1) is 0 Å². The second-order valence-corrected chi connectivity index (χ2v) is 8.06. The normalized spacial score (nSPS) is 33.3. The number of halogens is 2. The largest absolute Gasteiger partial charge is 0.481 e. The summed E-state index contributed by atoms with van der Waals surface area (Å²) in [7, 11) is 0. The molecule has 3 N–H and O–H groups in total. The summed E-state index contributed by atoms with van der Waals surface area (Å²) in [4.78, 5) is 25.0. The van der Waals surface area contributed by atoms with Crippen molar-refractivity contribution in [1.82, 2.24) is 5.32 Å². The highest BCUT2D eigenvalue weighted by Crippen LogP contribution is 2.58. The molecule has 0 aromatic heterocycles. The van der Waals surface area contributed by atoms with Crippen LogP contribution in [0, 0.1) is 22.2 Å². The van der Waals surface area contributed by atoms with E-state index in [9.17, 15) is 19.8 Å². The number of nitrogens with zero attached hydrogens (tertiary/aromatic N) is 1. The number of nitrogens with one attached hydrogen (secondary N) is 1. The first-order valence-electron chi connectivity index (χ1n) is 8.58. The van der Waals surface area contributed by atoms with Gasteiger partial charge in [0.05, 0.1) is 26.9 Å². The van der Waals surface area contributed by atoms with Crippen LogP contribution in [0.3, 0.4) is 0 Å². The van der Waals surface area contributed by atoms with Gasteiger partial charge < -0.3 is 15.5 Å². The minimum atomic E-state index is -1.55. The fourth-order valence-corrected chi connectivity index (χ4v) is 4.84. The van der Waals surface area contributed by atoms with Crippen LogP contribution in [0.4, 0.5) is 0 Å². The van der Waals surface area contributed by atoms with Crippen LogP contribution in [0.5, 0.6) is 0 Å². The molecule has 1 aromatic rings. The third kappa shape index (κ3) is 3.18. The molecule has 1 aliphatic rings. The van der Waals surface area contributed by atoms with Crippen LogP contribution in [-0.2, 0) is 9.59 Å². The average Bonchev–Trinajstić information content (AvgIpc) is 2.59. The first kappa shape index (κ1) is 21.5. The molecule has 0 spiro atoms. The number of carboxylic acid groups (broad SMARTS) is 2. The van der Waals surface area contributed by atoms with Crippen molar-refractivity contribution in [2.45, 2.75) is 51.6 Å². The third-order valence-electron chi connectivity index (χ3n) is 6.09. The van der Waals surface area contributed by atoms with E-state index < -0.39 is 40.8 Å². The number of aliphatic carboxylic acids is 2. The van der Waals surface area contributed by atoms with Gasteiger partial charge in [0.2, 0.25) is 0 Å². The maximum Gasteiger partial charge on any atom is 0.311 e. The molecule has 146 valence electrons. The quantitative estimate of drug-likeness (QED) is 0.675. The summed E-state index contributed by atoms with van der Waals surface area (Å²) in [5.41, 5.74) is -2.67. The van der Waals surface area contributed by atoms with Gasteiger partial charge in [0.25, 0.3) is 0 Å². The number of carbonyl (C=O) groups is 2. The number of nitriles is 1. The Hall–Kier alpha value is -1.81. The first-order chi connectivity index (χ1) is 12.5. The lowest BCUT2D eigenvalue weighted by atomic mass is 9.51. The lowest BCUT2D eigenvalue weighted by Crippen LogP contribution is -2.68. The molecule has 0 aliphatic carbocycles. The summed E-state index contributed by atoms with van der Waals surface area (Å²) >= 11 is 12.6. The van der Waals surface area contributed by atoms with Crippen LogP contribution in [0.2, 0.25) is 10.0 Å². The molecule has 6 nitrogen and oxygen atoms in total. The highest BCUT2D eigenvalue weighted by molar-refractivity contribution is 6.42. The molecular weight excluding hydrogens is 391 g/mol. The molecule has 0 amide bonds. The van der Waals surface area contributed by atoms with Crippen LogP contribution >= 0.6 is 23.2 Å². The molecule has 1 heterocycles. The van der Waals surface area contributed by atoms with Crippen LogP contribution < -0.4 is 5.32 Å². The standard InChI is InChI=1S/C19H22Cl2N2O4/c1-10-18(3,16(24)25)15(12-6-4-7-13(20)14(12)21)19(17(26)27,8-5-9-22)11(2)23-10/h4,6-7,10-11,15,23H,5,8H2,1-3H3,(H,24,25)(H,26,27). The highest BCUT2D eigenvalue weighted by Gasteiger charge is 2.65. The topological polar surface area (TPSA) is 110 Å². The van der Waals surface area contributed by atoms with Crippen molar-refractivity contribution < 1.29 is 19.8 Å². The van der Waals surface area contributed by atoms with Gasteiger partial charge in [0, 0.05) is 24.4 Å². The number of piperidine rings is 1. The Morgan fingerprint density at radius 1 is 1.22 bits per heavy atom. The van der Waals surface area contributed by atoms with Gasteiger partial charge in [-0.05, 0) is 38.8 Å². The van der Waals surface area contributed by atoms with Gasteiger partial charge in [-0.1, -0.05) is 35.3 Å². The fraction of sp³-hybridized carbons (Fsp3) is 0.526. The van der Waals surface area contributed by atoms with Gasteiger partial charge >= 0.3 is 11.9 Å². The van der Waals surface area contributed by atoms with Crippen LogP contribution in [-0.4, -0.2) is 34.2 Å². The highest BCUT2D eigenvalue weighted by atomic mass is 35.5. The Morgan fingerprint density at radius 3 is 2.37 bits per heavy atom. The minimum absolute atomic E-state index is 0.0178. The summed E-state index contributed by atoms with van der Waals surface area (Å²) in [5, 5.41) is 33.0. The first-order valence-corrected chi connectivity index (χ1v) is 9.34. The Morgan fingerprint density at radius 2 is 1.85 bits per heavy atom. The second kappa shape index (κ2) is 7.67. The zero-order valence-corrected chi connectivity index (χ0v) is 16.8. The molecule has 5 unspecified atom stereocenters. The van der Waals surface area contributed by atoms with Gasteiger partial charge in [-0.2, -0.15) is 5.26 Å². The molecule has 0 radical (unpaired) electrons. The van der Waals surface area contributed by atoms with Crippen molar-refractivity contribution in [3.63, 3.8) is 0 Å². The summed E-state index contributed by atoms with van der Waals surface area (Å²) in [6.07, 6.45) is -0.0484. The van der Waals surface area contributed by atoms with E-state index in [0.29, 0.717) is 5.56 Å². The molecule has 1 aliphatic heterocycles. The molecule has 1 saturated heterocycles. The van der Waals surface area contributed by atoms with E-state index in [1.165, 1.54) is 6.92 Å². The lowest BCUT2D eigenvalue weighted by Gasteiger charge is -2.56. The van der Waals surface area contributed by atoms with E-state index in [-0.39, 0.29) is 22.9 Å². The van der Waals surface area contributed by atoms with Gasteiger partial charge in [0.15, 0.2) is 0 Å². The van der Waals surface area contributed by atoms with Crippen molar-refractivity contribution in [3.05, 3.63) is 33.8 Å². The Balaban J connectivity index is 2.90. The third-order valence-corrected chi connectivity index (χ3v) is 6.92. The molecule has 0 bridgehead atoms. The molecule has 2 rings (SSSR count). The molecule has 5 atom stereocenters. The van der Waals surface area contributed by atoms with Crippen molar-refractivity contribution in [1.29, 1.82) is 5.26 Å². The Bertz CT molecular complexity index is 809. The van der Waals surface area contributed by atoms with Crippen molar-refractivity contribution >= 4 is 35.1 Å². The van der Waals surface area contributed by atoms with E-state index in [4.69, 9.17) is 28.5 Å². The molecule has 1 aromatic carbocycles. The average molecular weight is 413 g/mol. The second-order valence-electron chi connectivity index (χ2n) is 7.28. The molecule has 8 heteroatoms. The number of carboxylic acids is 2. The van der Waals surface area contributed by atoms with E-state index in [0.717, 1.165) is 0 Å². The van der Waals surface area contributed by atoms with Crippen LogP contribution in [0.25, 0.3) is 0 Å². The van der Waals surface area contributed by atoms with E-state index in [1.807, 2.05) is 6.07 Å². The van der Waals surface area contributed by atoms with E-state index in [2.05, 4.69) is 5.32 Å². The van der Waals surface area contributed by atoms with Gasteiger partial charge in [-0.25, -0.2) is 0 Å². The molecule has 27 heavy (non-hydrogen) atoms. The smallest absolute Gasteiger partial charge is 0.311 e. The van der Waals surface area contributed by atoms with Crippen LogP contribution in [0.15, 0.2) is 18.2 Å². The van der Waals surface area contributed by atoms with E-state index >= 15 is 0 Å². The van der Waals surface area contributed by atoms with Crippen molar-refractivity contribution in [2.24, 2.45) is 10.8 Å². The summed E-state index contributed by atoms with van der Waals surface area (Å²) < 4.78 is 0. The minimum Gasteiger partial charge on any atom is -0.481 e. The zero-order valence-electron chi connectivity index (χ0n) is 15.3. The summed E-state index contributed by atoms with van der Waals surface area (Å²) in [6.45, 7) is 4.94. The number of hydrogen-bond acceptors (Lipinski definition) is 4. The molecule has 1 fully saturated rings. The lowest BCUT2D eigenvalue weighted by molar-refractivity contribution is -0.171. The zero-order chi connectivity index (χ0) is 20.6. The maximum absolute atomic E-state index is 12.6. The van der Waals surface area contributed by atoms with Crippen molar-refractivity contribution in [3.8, 4) is 6.07 Å². The van der Waals surface area contributed by atoms with Crippen molar-refractivity contribution in [2.75, 3.05) is 0 Å². The van der Waals surface area contributed by atoms with Gasteiger partial charge in [-0.3, -0.25) is 9.59 Å². The Labute approximate surface area is 168 Å². The fourth-order valence-electron chi connectivity index (χ4n) is 4.42. The maximum atomic E-state index is 12.6. The van der Waals surface area contributed by atoms with E-state index in [1.54, 1.807) is 32.0 Å². The Kier molecular flexibility index (Phi) is 6.10. The SMILES string of the molecule is CC1NC(C)C(CCC#N)(C(=O)O)C(c2cccc(Cl)c2Cl)C1(C)C(=O)O. The summed E-state index contributed by atoms with van der Waals surface area (Å²) in [5.74, 6) is -3.30. The number of benzene rings is 1. The molecule has 0 saturated carbocycles. The number of rotatable bonds is 5. The predicted molar refractivity (Wildman–Crippen MR) is 102 cm³/mol. The predicted octanol–water partition coefficient (Wildman–Crippen LogP) is 3.92. The number of hydrogen-bond donors (Lipinski definition) is 3. The summed E-state index contributed by atoms with van der Waals surface area (Å²) in [6, 6.07) is 5.66. The van der Waals surface area contributed by atoms with Crippen LogP contribution in [0.1, 0.15) is 45.1 Å². The monoisotopic (exact) mass is 412 g/mol. The molecular formula is C19H22Cl2N2O4. The van der Waals surface area contributed by atoms with Gasteiger partial charge in [0.1, 0.15) is 0 Å².